The van der Waals surface area contributed by atoms with E-state index in [4.69, 9.17) is 27.9 Å². The van der Waals surface area contributed by atoms with Crippen molar-refractivity contribution >= 4 is 38.9 Å². The van der Waals surface area contributed by atoms with Gasteiger partial charge in [0.2, 0.25) is 0 Å². The molecule has 0 saturated heterocycles. The van der Waals surface area contributed by atoms with Gasteiger partial charge >= 0.3 is 0 Å². The fourth-order valence-electron chi connectivity index (χ4n) is 2.54. The standard InChI is InChI=1S/C19H15Cl2NO4S/c1-26-17-8-7-13(12-5-3-2-4-6-12)9-16(17)22-27(24,25)18-11-14(20)10-15(21)19(18)23/h2-11,22-23H,1H3. The van der Waals surface area contributed by atoms with E-state index in [1.165, 1.54) is 13.2 Å². The number of ether oxygens (including phenoxy) is 1. The molecule has 0 atom stereocenters. The van der Waals surface area contributed by atoms with Gasteiger partial charge < -0.3 is 9.84 Å². The van der Waals surface area contributed by atoms with Crippen molar-refractivity contribution in [3.8, 4) is 22.6 Å². The average molecular weight is 424 g/mol. The smallest absolute Gasteiger partial charge is 0.265 e. The summed E-state index contributed by atoms with van der Waals surface area (Å²) in [7, 11) is -2.74. The van der Waals surface area contributed by atoms with E-state index >= 15 is 0 Å². The summed E-state index contributed by atoms with van der Waals surface area (Å²) in [6, 6.07) is 17.0. The minimum atomic E-state index is -4.17. The van der Waals surface area contributed by atoms with E-state index in [2.05, 4.69) is 4.72 Å². The number of hydrogen-bond donors (Lipinski definition) is 2. The highest BCUT2D eigenvalue weighted by Gasteiger charge is 2.23. The minimum absolute atomic E-state index is 0.0863. The van der Waals surface area contributed by atoms with Crippen molar-refractivity contribution in [1.82, 2.24) is 0 Å². The van der Waals surface area contributed by atoms with Gasteiger partial charge in [-0.25, -0.2) is 8.42 Å². The van der Waals surface area contributed by atoms with Crippen LogP contribution in [0.4, 0.5) is 5.69 Å². The normalized spacial score (nSPS) is 11.2. The SMILES string of the molecule is COc1ccc(-c2ccccc2)cc1NS(=O)(=O)c1cc(Cl)cc(Cl)c1O. The highest BCUT2D eigenvalue weighted by molar-refractivity contribution is 7.92. The van der Waals surface area contributed by atoms with Crippen LogP contribution in [0.2, 0.25) is 10.0 Å². The van der Waals surface area contributed by atoms with Crippen molar-refractivity contribution in [2.45, 2.75) is 4.90 Å². The van der Waals surface area contributed by atoms with Crippen LogP contribution in [0.3, 0.4) is 0 Å². The third-order valence-corrected chi connectivity index (χ3v) is 5.72. The summed E-state index contributed by atoms with van der Waals surface area (Å²) in [5, 5.41) is 9.98. The summed E-state index contributed by atoms with van der Waals surface area (Å²) in [4.78, 5) is -0.424. The Morgan fingerprint density at radius 2 is 1.67 bits per heavy atom. The third kappa shape index (κ3) is 4.13. The number of phenols is 1. The molecule has 3 rings (SSSR count). The van der Waals surface area contributed by atoms with Gasteiger partial charge in [-0.15, -0.1) is 0 Å². The molecule has 0 aliphatic rings. The van der Waals surface area contributed by atoms with E-state index in [0.717, 1.165) is 17.2 Å². The molecule has 0 aliphatic carbocycles. The Balaban J connectivity index is 2.06. The third-order valence-electron chi connectivity index (χ3n) is 3.83. The molecule has 8 heteroatoms. The van der Waals surface area contributed by atoms with Crippen LogP contribution in [0.15, 0.2) is 65.6 Å². The Labute approximate surface area is 167 Å². The summed E-state index contributed by atoms with van der Waals surface area (Å²) in [6.07, 6.45) is 0. The summed E-state index contributed by atoms with van der Waals surface area (Å²) in [6.45, 7) is 0. The molecule has 27 heavy (non-hydrogen) atoms. The maximum absolute atomic E-state index is 12.8. The van der Waals surface area contributed by atoms with Crippen molar-refractivity contribution in [2.24, 2.45) is 0 Å². The molecule has 3 aromatic rings. The number of benzene rings is 3. The number of phenolic OH excluding ortho intramolecular Hbond substituents is 1. The van der Waals surface area contributed by atoms with Gasteiger partial charge in [-0.3, -0.25) is 4.72 Å². The second-order valence-electron chi connectivity index (χ2n) is 5.62. The van der Waals surface area contributed by atoms with Crippen LogP contribution < -0.4 is 9.46 Å². The maximum atomic E-state index is 12.8. The lowest BCUT2D eigenvalue weighted by Gasteiger charge is -2.15. The number of rotatable bonds is 5. The van der Waals surface area contributed by atoms with Gasteiger partial charge in [0.05, 0.1) is 17.8 Å². The molecule has 0 unspecified atom stereocenters. The lowest BCUT2D eigenvalue weighted by atomic mass is 10.1. The van der Waals surface area contributed by atoms with Gasteiger partial charge in [0.1, 0.15) is 10.6 Å². The maximum Gasteiger partial charge on any atom is 0.265 e. The Hall–Kier alpha value is -2.41. The summed E-state index contributed by atoms with van der Waals surface area (Å²) in [5.41, 5.74) is 1.92. The number of halogens is 2. The van der Waals surface area contributed by atoms with Gasteiger partial charge in [-0.2, -0.15) is 0 Å². The van der Waals surface area contributed by atoms with Gasteiger partial charge in [-0.05, 0) is 35.4 Å². The molecule has 0 fully saturated rings. The molecular weight excluding hydrogens is 409 g/mol. The number of anilines is 1. The lowest BCUT2D eigenvalue weighted by molar-refractivity contribution is 0.417. The molecule has 0 spiro atoms. The molecule has 3 aromatic carbocycles. The van der Waals surface area contributed by atoms with Crippen LogP contribution in [-0.2, 0) is 10.0 Å². The quantitative estimate of drug-likeness (QED) is 0.592. The molecule has 0 amide bonds. The first-order chi connectivity index (χ1) is 12.8. The fourth-order valence-corrected chi connectivity index (χ4v) is 4.36. The molecule has 2 N–H and O–H groups in total. The number of sulfonamides is 1. The van der Waals surface area contributed by atoms with Crippen molar-refractivity contribution in [2.75, 3.05) is 11.8 Å². The van der Waals surface area contributed by atoms with Crippen LogP contribution in [0.1, 0.15) is 0 Å². The molecular formula is C19H15Cl2NO4S. The molecule has 0 aromatic heterocycles. The zero-order valence-electron chi connectivity index (χ0n) is 14.1. The van der Waals surface area contributed by atoms with E-state index in [0.29, 0.717) is 5.75 Å². The predicted molar refractivity (Wildman–Crippen MR) is 107 cm³/mol. The van der Waals surface area contributed by atoms with Crippen molar-refractivity contribution in [3.05, 3.63) is 70.7 Å². The Morgan fingerprint density at radius 1 is 0.963 bits per heavy atom. The van der Waals surface area contributed by atoms with E-state index in [9.17, 15) is 13.5 Å². The van der Waals surface area contributed by atoms with E-state index in [1.807, 2.05) is 36.4 Å². The van der Waals surface area contributed by atoms with Gasteiger partial charge in [-0.1, -0.05) is 59.6 Å². The van der Waals surface area contributed by atoms with Crippen LogP contribution in [0, 0.1) is 0 Å². The molecule has 140 valence electrons. The molecule has 0 heterocycles. The second kappa shape index (κ2) is 7.68. The Morgan fingerprint density at radius 3 is 2.33 bits per heavy atom. The monoisotopic (exact) mass is 423 g/mol. The van der Waals surface area contributed by atoms with Gasteiger partial charge in [0.15, 0.2) is 5.75 Å². The van der Waals surface area contributed by atoms with Crippen LogP contribution in [-0.4, -0.2) is 20.6 Å². The van der Waals surface area contributed by atoms with E-state index in [-0.39, 0.29) is 15.7 Å². The summed E-state index contributed by atoms with van der Waals surface area (Å²) < 4.78 is 33.3. The minimum Gasteiger partial charge on any atom is -0.505 e. The topological polar surface area (TPSA) is 75.6 Å². The summed E-state index contributed by atoms with van der Waals surface area (Å²) in [5.74, 6) is -0.252. The van der Waals surface area contributed by atoms with Crippen LogP contribution >= 0.6 is 23.2 Å². The molecule has 0 bridgehead atoms. The van der Waals surface area contributed by atoms with E-state index in [1.54, 1.807) is 12.1 Å². The molecule has 5 nitrogen and oxygen atoms in total. The molecule has 0 radical (unpaired) electrons. The van der Waals surface area contributed by atoms with E-state index < -0.39 is 20.7 Å². The Kier molecular flexibility index (Phi) is 5.51. The number of hydrogen-bond acceptors (Lipinski definition) is 4. The highest BCUT2D eigenvalue weighted by Crippen LogP contribution is 2.37. The molecule has 0 saturated carbocycles. The summed E-state index contributed by atoms with van der Waals surface area (Å²) >= 11 is 11.7. The van der Waals surface area contributed by atoms with Crippen molar-refractivity contribution in [3.63, 3.8) is 0 Å². The van der Waals surface area contributed by atoms with Gasteiger partial charge in [0, 0.05) is 5.02 Å². The predicted octanol–water partition coefficient (Wildman–Crippen LogP) is 5.18. The number of methoxy groups -OCH3 is 1. The fraction of sp³-hybridized carbons (Fsp3) is 0.0526. The van der Waals surface area contributed by atoms with Crippen LogP contribution in [0.5, 0.6) is 11.5 Å². The van der Waals surface area contributed by atoms with Crippen molar-refractivity contribution < 1.29 is 18.3 Å². The van der Waals surface area contributed by atoms with Crippen molar-refractivity contribution in [1.29, 1.82) is 0 Å². The first-order valence-electron chi connectivity index (χ1n) is 7.76. The number of aromatic hydroxyl groups is 1. The first-order valence-corrected chi connectivity index (χ1v) is 10.00. The van der Waals surface area contributed by atoms with Gasteiger partial charge in [0.25, 0.3) is 10.0 Å². The number of nitrogens with one attached hydrogen (secondary N) is 1. The largest absolute Gasteiger partial charge is 0.505 e. The van der Waals surface area contributed by atoms with Crippen LogP contribution in [0.25, 0.3) is 11.1 Å². The average Bonchev–Trinajstić information content (AvgIpc) is 2.65. The second-order valence-corrected chi connectivity index (χ2v) is 8.12. The first kappa shape index (κ1) is 19.4. The lowest BCUT2D eigenvalue weighted by Crippen LogP contribution is -2.14. The molecule has 0 aliphatic heterocycles. The highest BCUT2D eigenvalue weighted by atomic mass is 35.5. The Bertz CT molecular complexity index is 1090. The zero-order valence-corrected chi connectivity index (χ0v) is 16.4. The zero-order chi connectivity index (χ0) is 19.6.